The largest absolute Gasteiger partial charge is 0.481 e. The molecule has 0 aromatic carbocycles. The molecule has 0 radical (unpaired) electrons. The van der Waals surface area contributed by atoms with Gasteiger partial charge in [0.2, 0.25) is 0 Å². The number of hydrogen-bond acceptors (Lipinski definition) is 1. The van der Waals surface area contributed by atoms with Crippen molar-refractivity contribution in [1.29, 1.82) is 0 Å². The Labute approximate surface area is 75.0 Å². The average Bonchev–Trinajstić information content (AvgIpc) is 1.82. The molecule has 0 spiro atoms. The normalized spacial score (nSPS) is 17.6. The highest BCUT2D eigenvalue weighted by atomic mass is 16.4. The minimum atomic E-state index is -0.704. The predicted molar refractivity (Wildman–Crippen MR) is 50.0 cm³/mol. The van der Waals surface area contributed by atoms with Gasteiger partial charge in [-0.05, 0) is 18.3 Å². The highest BCUT2D eigenvalue weighted by Gasteiger charge is 2.46. The fourth-order valence-corrected chi connectivity index (χ4v) is 1.43. The Kier molecular flexibility index (Phi) is 2.94. The predicted octanol–water partition coefficient (Wildman–Crippen LogP) is 2.78. The molecule has 1 atom stereocenters. The lowest BCUT2D eigenvalue weighted by atomic mass is 9.62. The standard InChI is InChI=1S/C10H20O2/c1-7(2)10(6,8(11)12)9(3,4)5/h7H,1-6H3,(H,11,12). The second-order valence-corrected chi connectivity index (χ2v) is 4.91. The van der Waals surface area contributed by atoms with Crippen LogP contribution in [-0.4, -0.2) is 11.1 Å². The molecule has 72 valence electrons. The summed E-state index contributed by atoms with van der Waals surface area (Å²) in [4.78, 5) is 11.1. The zero-order chi connectivity index (χ0) is 10.2. The second-order valence-electron chi connectivity index (χ2n) is 4.91. The Bertz CT molecular complexity index is 177. The Balaban J connectivity index is 5.02. The number of carbonyl (C=O) groups is 1. The highest BCUT2D eigenvalue weighted by molar-refractivity contribution is 5.75. The van der Waals surface area contributed by atoms with E-state index in [0.29, 0.717) is 0 Å². The van der Waals surface area contributed by atoms with E-state index in [0.717, 1.165) is 0 Å². The number of hydrogen-bond donors (Lipinski definition) is 1. The van der Waals surface area contributed by atoms with Crippen LogP contribution in [0.2, 0.25) is 0 Å². The lowest BCUT2D eigenvalue weighted by molar-refractivity contribution is -0.158. The summed E-state index contributed by atoms with van der Waals surface area (Å²) in [5.74, 6) is -0.556. The van der Waals surface area contributed by atoms with Crippen molar-refractivity contribution in [3.8, 4) is 0 Å². The van der Waals surface area contributed by atoms with E-state index in [4.69, 9.17) is 5.11 Å². The third kappa shape index (κ3) is 1.62. The Hall–Kier alpha value is -0.530. The quantitative estimate of drug-likeness (QED) is 0.695. The molecule has 1 unspecified atom stereocenters. The molecule has 1 N–H and O–H groups in total. The van der Waals surface area contributed by atoms with Crippen molar-refractivity contribution in [2.45, 2.75) is 41.5 Å². The van der Waals surface area contributed by atoms with Gasteiger partial charge in [0, 0.05) is 0 Å². The minimum absolute atomic E-state index is 0.148. The smallest absolute Gasteiger partial charge is 0.310 e. The molecule has 0 aliphatic heterocycles. The van der Waals surface area contributed by atoms with Crippen molar-refractivity contribution in [3.05, 3.63) is 0 Å². The molecule has 12 heavy (non-hydrogen) atoms. The van der Waals surface area contributed by atoms with E-state index in [1.54, 1.807) is 0 Å². The molecule has 2 heteroatoms. The van der Waals surface area contributed by atoms with Crippen LogP contribution in [0.4, 0.5) is 0 Å². The third-order valence-electron chi connectivity index (χ3n) is 3.16. The van der Waals surface area contributed by atoms with Crippen LogP contribution in [-0.2, 0) is 4.79 Å². The second kappa shape index (κ2) is 3.08. The Morgan fingerprint density at radius 3 is 1.50 bits per heavy atom. The molecule has 0 rings (SSSR count). The third-order valence-corrected chi connectivity index (χ3v) is 3.16. The van der Waals surface area contributed by atoms with E-state index in [9.17, 15) is 4.79 Å². The summed E-state index contributed by atoms with van der Waals surface area (Å²) in [6.07, 6.45) is 0. The van der Waals surface area contributed by atoms with Crippen LogP contribution in [0.25, 0.3) is 0 Å². The number of carboxylic acid groups (broad SMARTS) is 1. The summed E-state index contributed by atoms with van der Waals surface area (Å²) in [5, 5.41) is 9.14. The number of carboxylic acids is 1. The first kappa shape index (κ1) is 11.5. The molecule has 0 amide bonds. The van der Waals surface area contributed by atoms with Gasteiger partial charge in [0.1, 0.15) is 0 Å². The summed E-state index contributed by atoms with van der Waals surface area (Å²) >= 11 is 0. The van der Waals surface area contributed by atoms with Gasteiger partial charge in [0.25, 0.3) is 0 Å². The van der Waals surface area contributed by atoms with Gasteiger partial charge in [-0.2, -0.15) is 0 Å². The van der Waals surface area contributed by atoms with Crippen molar-refractivity contribution in [2.24, 2.45) is 16.7 Å². The molecular formula is C10H20O2. The highest BCUT2D eigenvalue weighted by Crippen LogP contribution is 2.44. The van der Waals surface area contributed by atoms with Crippen LogP contribution >= 0.6 is 0 Å². The van der Waals surface area contributed by atoms with Crippen LogP contribution in [0.3, 0.4) is 0 Å². The average molecular weight is 172 g/mol. The maximum Gasteiger partial charge on any atom is 0.310 e. The molecule has 0 fully saturated rings. The first-order valence-corrected chi connectivity index (χ1v) is 4.37. The van der Waals surface area contributed by atoms with Crippen LogP contribution in [0.1, 0.15) is 41.5 Å². The summed E-state index contributed by atoms with van der Waals surface area (Å²) in [5.41, 5.74) is -0.847. The van der Waals surface area contributed by atoms with Gasteiger partial charge in [-0.1, -0.05) is 34.6 Å². The molecule has 0 aliphatic carbocycles. The van der Waals surface area contributed by atoms with E-state index >= 15 is 0 Å². The Morgan fingerprint density at radius 1 is 1.17 bits per heavy atom. The van der Waals surface area contributed by atoms with Gasteiger partial charge < -0.3 is 5.11 Å². The lowest BCUT2D eigenvalue weighted by Crippen LogP contribution is -2.44. The fraction of sp³-hybridized carbons (Fsp3) is 0.900. The number of rotatable bonds is 2. The zero-order valence-corrected chi connectivity index (χ0v) is 8.93. The topological polar surface area (TPSA) is 37.3 Å². The molecule has 2 nitrogen and oxygen atoms in total. The van der Waals surface area contributed by atoms with Gasteiger partial charge in [0.15, 0.2) is 0 Å². The lowest BCUT2D eigenvalue weighted by Gasteiger charge is -2.41. The van der Waals surface area contributed by atoms with Gasteiger partial charge in [0.05, 0.1) is 5.41 Å². The van der Waals surface area contributed by atoms with Crippen molar-refractivity contribution in [2.75, 3.05) is 0 Å². The van der Waals surface area contributed by atoms with E-state index < -0.39 is 11.4 Å². The molecule has 0 heterocycles. The minimum Gasteiger partial charge on any atom is -0.481 e. The van der Waals surface area contributed by atoms with E-state index in [2.05, 4.69) is 0 Å². The molecule has 0 aromatic heterocycles. The van der Waals surface area contributed by atoms with Crippen molar-refractivity contribution < 1.29 is 9.90 Å². The first-order valence-electron chi connectivity index (χ1n) is 4.37. The summed E-state index contributed by atoms with van der Waals surface area (Å²) in [6, 6.07) is 0. The van der Waals surface area contributed by atoms with Gasteiger partial charge in [-0.15, -0.1) is 0 Å². The van der Waals surface area contributed by atoms with Gasteiger partial charge in [-0.25, -0.2) is 0 Å². The molecule has 0 aromatic rings. The maximum atomic E-state index is 11.1. The van der Waals surface area contributed by atoms with Crippen LogP contribution < -0.4 is 0 Å². The van der Waals surface area contributed by atoms with Crippen molar-refractivity contribution in [3.63, 3.8) is 0 Å². The van der Waals surface area contributed by atoms with Crippen molar-refractivity contribution in [1.82, 2.24) is 0 Å². The van der Waals surface area contributed by atoms with Crippen LogP contribution in [0, 0.1) is 16.7 Å². The van der Waals surface area contributed by atoms with Crippen LogP contribution in [0.15, 0.2) is 0 Å². The zero-order valence-electron chi connectivity index (χ0n) is 8.93. The summed E-state index contributed by atoms with van der Waals surface area (Å²) < 4.78 is 0. The van der Waals surface area contributed by atoms with Crippen LogP contribution in [0.5, 0.6) is 0 Å². The molecule has 0 saturated carbocycles. The molecule has 0 aliphatic rings. The molecule has 0 saturated heterocycles. The fourth-order valence-electron chi connectivity index (χ4n) is 1.43. The van der Waals surface area contributed by atoms with Crippen molar-refractivity contribution >= 4 is 5.97 Å². The monoisotopic (exact) mass is 172 g/mol. The van der Waals surface area contributed by atoms with Gasteiger partial charge in [-0.3, -0.25) is 4.79 Å². The maximum absolute atomic E-state index is 11.1. The molecule has 0 bridgehead atoms. The first-order chi connectivity index (χ1) is 5.14. The summed E-state index contributed by atoms with van der Waals surface area (Å²) in [7, 11) is 0. The SMILES string of the molecule is CC(C)C(C)(C(=O)O)C(C)(C)C. The molecular weight excluding hydrogens is 152 g/mol. The summed E-state index contributed by atoms with van der Waals surface area (Å²) in [6.45, 7) is 11.7. The van der Waals surface area contributed by atoms with Gasteiger partial charge >= 0.3 is 5.97 Å². The number of aliphatic carboxylic acids is 1. The van der Waals surface area contributed by atoms with E-state index in [-0.39, 0.29) is 11.3 Å². The Morgan fingerprint density at radius 2 is 1.50 bits per heavy atom. The van der Waals surface area contributed by atoms with E-state index in [1.165, 1.54) is 0 Å². The van der Waals surface area contributed by atoms with E-state index in [1.807, 2.05) is 41.5 Å².